The number of benzene rings is 1. The minimum Gasteiger partial charge on any atom is -0.464 e. The third kappa shape index (κ3) is 5.57. The van der Waals surface area contributed by atoms with Crippen LogP contribution in [-0.2, 0) is 13.0 Å². The van der Waals surface area contributed by atoms with Crippen molar-refractivity contribution >= 4 is 29.9 Å². The molecule has 0 aliphatic heterocycles. The number of halogens is 1. The first-order valence-electron chi connectivity index (χ1n) is 7.74. The minimum absolute atomic E-state index is 0. The number of hydrogen-bond acceptors (Lipinski definition) is 2. The standard InChI is InChI=1S/C18H25N3O.HI/c1-5-15-8-6-7-9-16(15)12-20-18(19-4)21-14(3)17-11-10-13(2)22-17;/h6-11,14H,5,12H2,1-4H3,(H2,19,20,21);1H. The maximum atomic E-state index is 5.64. The van der Waals surface area contributed by atoms with Gasteiger partial charge in [-0.3, -0.25) is 4.99 Å². The van der Waals surface area contributed by atoms with Crippen molar-refractivity contribution in [3.05, 3.63) is 59.0 Å². The summed E-state index contributed by atoms with van der Waals surface area (Å²) in [7, 11) is 1.78. The first-order chi connectivity index (χ1) is 10.6. The van der Waals surface area contributed by atoms with Crippen molar-refractivity contribution in [3.8, 4) is 0 Å². The number of nitrogens with one attached hydrogen (secondary N) is 2. The summed E-state index contributed by atoms with van der Waals surface area (Å²) < 4.78 is 5.64. The fourth-order valence-corrected chi connectivity index (χ4v) is 2.41. The van der Waals surface area contributed by atoms with Gasteiger partial charge in [0.1, 0.15) is 11.5 Å². The van der Waals surface area contributed by atoms with Crippen molar-refractivity contribution in [2.45, 2.75) is 39.8 Å². The van der Waals surface area contributed by atoms with E-state index in [9.17, 15) is 0 Å². The summed E-state index contributed by atoms with van der Waals surface area (Å²) in [5.41, 5.74) is 2.66. The van der Waals surface area contributed by atoms with Crippen LogP contribution in [-0.4, -0.2) is 13.0 Å². The van der Waals surface area contributed by atoms with Crippen LogP contribution in [0, 0.1) is 6.92 Å². The van der Waals surface area contributed by atoms with E-state index in [2.05, 4.69) is 53.7 Å². The molecule has 23 heavy (non-hydrogen) atoms. The Hall–Kier alpha value is -1.50. The third-order valence-corrected chi connectivity index (χ3v) is 3.71. The van der Waals surface area contributed by atoms with E-state index in [0.29, 0.717) is 0 Å². The lowest BCUT2D eigenvalue weighted by atomic mass is 10.1. The van der Waals surface area contributed by atoms with E-state index in [0.717, 1.165) is 30.4 Å². The Balaban J connectivity index is 0.00000264. The van der Waals surface area contributed by atoms with E-state index >= 15 is 0 Å². The summed E-state index contributed by atoms with van der Waals surface area (Å²) in [5.74, 6) is 2.60. The highest BCUT2D eigenvalue weighted by Crippen LogP contribution is 2.15. The molecule has 0 saturated heterocycles. The SMILES string of the molecule is CCc1ccccc1CNC(=NC)NC(C)c1ccc(C)o1.I. The van der Waals surface area contributed by atoms with Crippen molar-refractivity contribution in [1.82, 2.24) is 10.6 Å². The predicted molar refractivity (Wildman–Crippen MR) is 106 cm³/mol. The Bertz CT molecular complexity index is 637. The third-order valence-electron chi connectivity index (χ3n) is 3.71. The van der Waals surface area contributed by atoms with Gasteiger partial charge in [0.25, 0.3) is 0 Å². The van der Waals surface area contributed by atoms with E-state index in [1.165, 1.54) is 11.1 Å². The zero-order chi connectivity index (χ0) is 15.9. The Morgan fingerprint density at radius 1 is 1.17 bits per heavy atom. The van der Waals surface area contributed by atoms with Gasteiger partial charge in [0, 0.05) is 13.6 Å². The van der Waals surface area contributed by atoms with Crippen LogP contribution in [0.2, 0.25) is 0 Å². The van der Waals surface area contributed by atoms with Gasteiger partial charge in [0.05, 0.1) is 6.04 Å². The van der Waals surface area contributed by atoms with Gasteiger partial charge in [-0.2, -0.15) is 0 Å². The highest BCUT2D eigenvalue weighted by atomic mass is 127. The van der Waals surface area contributed by atoms with Gasteiger partial charge in [-0.1, -0.05) is 31.2 Å². The Labute approximate surface area is 155 Å². The highest BCUT2D eigenvalue weighted by molar-refractivity contribution is 14.0. The first kappa shape index (κ1) is 19.5. The Morgan fingerprint density at radius 3 is 2.43 bits per heavy atom. The van der Waals surface area contributed by atoms with Gasteiger partial charge in [-0.25, -0.2) is 0 Å². The van der Waals surface area contributed by atoms with Crippen LogP contribution in [0.4, 0.5) is 0 Å². The molecule has 5 heteroatoms. The molecule has 0 aliphatic carbocycles. The van der Waals surface area contributed by atoms with E-state index in [-0.39, 0.29) is 30.0 Å². The zero-order valence-electron chi connectivity index (χ0n) is 14.2. The molecular weight excluding hydrogens is 401 g/mol. The summed E-state index contributed by atoms with van der Waals surface area (Å²) in [6.45, 7) is 6.94. The molecule has 0 fully saturated rings. The zero-order valence-corrected chi connectivity index (χ0v) is 16.5. The lowest BCUT2D eigenvalue weighted by Crippen LogP contribution is -2.38. The van der Waals surface area contributed by atoms with E-state index in [1.54, 1.807) is 7.05 Å². The summed E-state index contributed by atoms with van der Waals surface area (Å²) in [4.78, 5) is 4.28. The lowest BCUT2D eigenvalue weighted by Gasteiger charge is -2.17. The van der Waals surface area contributed by atoms with Crippen LogP contribution >= 0.6 is 24.0 Å². The smallest absolute Gasteiger partial charge is 0.191 e. The molecule has 1 aromatic carbocycles. The highest BCUT2D eigenvalue weighted by Gasteiger charge is 2.11. The maximum Gasteiger partial charge on any atom is 0.191 e. The number of guanidine groups is 1. The molecular formula is C18H26IN3O. The number of aliphatic imine (C=N–C) groups is 1. The molecule has 2 aromatic rings. The van der Waals surface area contributed by atoms with Crippen LogP contribution in [0.25, 0.3) is 0 Å². The monoisotopic (exact) mass is 427 g/mol. The number of nitrogens with zero attached hydrogens (tertiary/aromatic N) is 1. The van der Waals surface area contributed by atoms with Gasteiger partial charge >= 0.3 is 0 Å². The average molecular weight is 427 g/mol. The molecule has 0 amide bonds. The number of rotatable bonds is 5. The molecule has 1 aromatic heterocycles. The van der Waals surface area contributed by atoms with Crippen LogP contribution < -0.4 is 10.6 Å². The molecule has 0 bridgehead atoms. The second-order valence-electron chi connectivity index (χ2n) is 5.36. The summed E-state index contributed by atoms with van der Waals surface area (Å²) >= 11 is 0. The lowest BCUT2D eigenvalue weighted by molar-refractivity contribution is 0.441. The average Bonchev–Trinajstić information content (AvgIpc) is 2.98. The molecule has 0 saturated carbocycles. The molecule has 2 N–H and O–H groups in total. The summed E-state index contributed by atoms with van der Waals surface area (Å²) in [6.07, 6.45) is 1.03. The Kier molecular flexibility index (Phi) is 8.16. The molecule has 126 valence electrons. The molecule has 1 heterocycles. The van der Waals surface area contributed by atoms with Crippen molar-refractivity contribution in [2.24, 2.45) is 4.99 Å². The molecule has 0 radical (unpaired) electrons. The number of hydrogen-bond donors (Lipinski definition) is 2. The van der Waals surface area contributed by atoms with Gasteiger partial charge in [0.15, 0.2) is 5.96 Å². The fourth-order valence-electron chi connectivity index (χ4n) is 2.41. The van der Waals surface area contributed by atoms with Gasteiger partial charge < -0.3 is 15.1 Å². The molecule has 0 aliphatic rings. The summed E-state index contributed by atoms with van der Waals surface area (Å²) in [5, 5.41) is 6.71. The Morgan fingerprint density at radius 2 is 1.87 bits per heavy atom. The molecule has 1 unspecified atom stereocenters. The quantitative estimate of drug-likeness (QED) is 0.428. The first-order valence-corrected chi connectivity index (χ1v) is 7.74. The van der Waals surface area contributed by atoms with Gasteiger partial charge in [-0.05, 0) is 43.5 Å². The second-order valence-corrected chi connectivity index (χ2v) is 5.36. The fraction of sp³-hybridized carbons (Fsp3) is 0.389. The maximum absolute atomic E-state index is 5.64. The van der Waals surface area contributed by atoms with Gasteiger partial charge in [-0.15, -0.1) is 24.0 Å². The summed E-state index contributed by atoms with van der Waals surface area (Å²) in [6, 6.07) is 12.5. The predicted octanol–water partition coefficient (Wildman–Crippen LogP) is 4.19. The topological polar surface area (TPSA) is 49.6 Å². The molecule has 0 spiro atoms. The van der Waals surface area contributed by atoms with Crippen molar-refractivity contribution < 1.29 is 4.42 Å². The van der Waals surface area contributed by atoms with E-state index in [1.807, 2.05) is 19.1 Å². The van der Waals surface area contributed by atoms with Crippen molar-refractivity contribution in [1.29, 1.82) is 0 Å². The van der Waals surface area contributed by atoms with Crippen molar-refractivity contribution in [3.63, 3.8) is 0 Å². The molecule has 4 nitrogen and oxygen atoms in total. The molecule has 2 rings (SSSR count). The molecule has 1 atom stereocenters. The van der Waals surface area contributed by atoms with Gasteiger partial charge in [0.2, 0.25) is 0 Å². The number of aryl methyl sites for hydroxylation is 2. The van der Waals surface area contributed by atoms with E-state index < -0.39 is 0 Å². The van der Waals surface area contributed by atoms with Crippen LogP contribution in [0.3, 0.4) is 0 Å². The van der Waals surface area contributed by atoms with Crippen LogP contribution in [0.5, 0.6) is 0 Å². The minimum atomic E-state index is 0. The van der Waals surface area contributed by atoms with Crippen LogP contribution in [0.15, 0.2) is 45.8 Å². The second kappa shape index (κ2) is 9.60. The largest absolute Gasteiger partial charge is 0.464 e. The van der Waals surface area contributed by atoms with Crippen molar-refractivity contribution in [2.75, 3.05) is 7.05 Å². The van der Waals surface area contributed by atoms with Crippen LogP contribution in [0.1, 0.15) is 42.5 Å². The normalized spacial score (nSPS) is 12.4. The van der Waals surface area contributed by atoms with E-state index in [4.69, 9.17) is 4.42 Å². The number of furan rings is 1.